The van der Waals surface area contributed by atoms with Gasteiger partial charge in [-0.05, 0) is 11.8 Å². The summed E-state index contributed by atoms with van der Waals surface area (Å²) in [4.78, 5) is 0. The van der Waals surface area contributed by atoms with Crippen LogP contribution in [0.1, 0.15) is 0 Å². The molecule has 0 heterocycles. The molecule has 1 radical (unpaired) electrons. The van der Waals surface area contributed by atoms with Crippen LogP contribution < -0.4 is 0 Å². The van der Waals surface area contributed by atoms with E-state index in [1.807, 2.05) is 0 Å². The molecule has 0 spiro atoms. The van der Waals surface area contributed by atoms with Crippen molar-refractivity contribution in [1.82, 2.24) is 0 Å². The van der Waals surface area contributed by atoms with E-state index < -0.39 is 0 Å². The van der Waals surface area contributed by atoms with Gasteiger partial charge < -0.3 is 5.48 Å². The van der Waals surface area contributed by atoms with Crippen molar-refractivity contribution < 1.29 is 5.48 Å². The Hall–Kier alpha value is 1.31. The van der Waals surface area contributed by atoms with Crippen LogP contribution in [0.25, 0.3) is 0 Å². The molecule has 0 rings (SSSR count). The third kappa shape index (κ3) is 33.9. The van der Waals surface area contributed by atoms with Crippen LogP contribution in [0.15, 0.2) is 0 Å². The zero-order valence-corrected chi connectivity index (χ0v) is 6.79. The predicted octanol–water partition coefficient (Wildman–Crippen LogP) is -0.497. The van der Waals surface area contributed by atoms with Gasteiger partial charge in [0.25, 0.3) is 0 Å². The van der Waals surface area contributed by atoms with Gasteiger partial charge in [-0.15, -0.1) is 0 Å². The first kappa shape index (κ1) is 16.2. The van der Waals surface area contributed by atoms with Crippen molar-refractivity contribution >= 4 is 41.3 Å². The predicted molar refractivity (Wildman–Crippen MR) is 28.3 cm³/mol. The van der Waals surface area contributed by atoms with E-state index in [1.54, 1.807) is 0 Å². The zero-order valence-electron chi connectivity index (χ0n) is 3.89. The van der Waals surface area contributed by atoms with Crippen LogP contribution >= 0.6 is 0 Å². The molecule has 1 nitrogen and oxygen atoms in total. The van der Waals surface area contributed by atoms with Crippen LogP contribution in [-0.2, 0) is 11.8 Å². The Morgan fingerprint density at radius 1 is 1.20 bits per heavy atom. The molecule has 0 aromatic carbocycles. The summed E-state index contributed by atoms with van der Waals surface area (Å²) in [6.45, 7) is 0. The molecule has 0 unspecified atom stereocenters. The summed E-state index contributed by atoms with van der Waals surface area (Å²) in [7, 11) is 0. The molecule has 0 saturated carbocycles. The fraction of sp³-hybridized carbons (Fsp3) is 1.00. The van der Waals surface area contributed by atoms with Gasteiger partial charge in [0.15, 0.2) is 0 Å². The maximum atomic E-state index is 2.10. The molecule has 0 aromatic heterocycles. The first-order valence-electron chi connectivity index (χ1n) is 0.894. The molecule has 0 bridgehead atoms. The molecule has 0 saturated heterocycles. The topological polar surface area (TPSA) is 30.0 Å². The molecule has 3 heteroatoms. The standard InChI is InChI=1S/C2H6S.Na.H2O/c1-3-2;;/h1-2H3;;1H2. The van der Waals surface area contributed by atoms with Gasteiger partial charge in [0.1, 0.15) is 0 Å². The summed E-state index contributed by atoms with van der Waals surface area (Å²) in [5.74, 6) is 0. The van der Waals surface area contributed by atoms with Crippen molar-refractivity contribution in [1.29, 1.82) is 0 Å². The normalized spacial score (nSPS) is 3.60. The fourth-order valence-corrected chi connectivity index (χ4v) is 0. The van der Waals surface area contributed by atoms with Crippen molar-refractivity contribution in [3.8, 4) is 0 Å². The molecule has 0 aliphatic rings. The first-order chi connectivity index (χ1) is 1.41. The average Bonchev–Trinajstić information content (AvgIpc) is 0.918. The van der Waals surface area contributed by atoms with E-state index in [0.29, 0.717) is 0 Å². The Balaban J connectivity index is -0.0000000200. The third-order valence-corrected chi connectivity index (χ3v) is 0. The molecule has 0 aliphatic heterocycles. The maximum absolute atomic E-state index is 2.10. The second-order valence-corrected chi connectivity index (χ2v) is 1.34. The van der Waals surface area contributed by atoms with Crippen LogP contribution in [0.5, 0.6) is 0 Å². The van der Waals surface area contributed by atoms with Gasteiger partial charge in [-0.2, -0.15) is 0 Å². The van der Waals surface area contributed by atoms with Crippen LogP contribution in [0, 0.1) is 0 Å². The largest absolute Gasteiger partial charge is 0.870 e. The Labute approximate surface area is 59.1 Å². The number of hydrogen-bond acceptors (Lipinski definition) is 1. The fourth-order valence-electron chi connectivity index (χ4n) is 0. The van der Waals surface area contributed by atoms with E-state index in [0.717, 1.165) is 0 Å². The van der Waals surface area contributed by atoms with E-state index in [1.165, 1.54) is 11.8 Å². The van der Waals surface area contributed by atoms with Crippen molar-refractivity contribution in [2.24, 2.45) is 0 Å². The number of rotatable bonds is 0. The summed E-state index contributed by atoms with van der Waals surface area (Å²) in [5.41, 5.74) is 0. The van der Waals surface area contributed by atoms with Crippen molar-refractivity contribution in [2.75, 3.05) is 12.5 Å². The molecule has 0 aromatic rings. The first-order valence-corrected chi connectivity index (χ1v) is 2.68. The van der Waals surface area contributed by atoms with Crippen molar-refractivity contribution in [2.45, 2.75) is 0 Å². The smallest absolute Gasteiger partial charge is 0.0949 e. The number of thiol groups is 1. The van der Waals surface area contributed by atoms with Gasteiger partial charge in [-0.3, -0.25) is 0 Å². The zero-order chi connectivity index (χ0) is 2.71. The summed E-state index contributed by atoms with van der Waals surface area (Å²) in [5, 5.41) is 0. The maximum Gasteiger partial charge on any atom is 0.0949 e. The molecule has 1 N–H and O–H groups in total. The van der Waals surface area contributed by atoms with Gasteiger partial charge in [-0.1, -0.05) is 0 Å². The molecular weight excluding hydrogens is 95.1 g/mol. The Kier molecular flexibility index (Phi) is 60.0. The van der Waals surface area contributed by atoms with E-state index in [9.17, 15) is 0 Å². The third-order valence-electron chi connectivity index (χ3n) is 0. The van der Waals surface area contributed by atoms with E-state index >= 15 is 0 Å². The molecule has 0 aliphatic carbocycles. The second kappa shape index (κ2) is 18.5. The van der Waals surface area contributed by atoms with Gasteiger partial charge in [0.2, 0.25) is 0 Å². The Morgan fingerprint density at radius 2 is 1.20 bits per heavy atom. The van der Waals surface area contributed by atoms with Gasteiger partial charge >= 0.3 is 0 Å². The van der Waals surface area contributed by atoms with Crippen LogP contribution in [0.2, 0.25) is 0 Å². The molecule has 29 valence electrons. The SMILES string of the molecule is C[SH+]C.[Na].[OH-]. The minimum absolute atomic E-state index is 0. The quantitative estimate of drug-likeness (QED) is 0.231. The van der Waals surface area contributed by atoms with Gasteiger partial charge in [0.05, 0.1) is 12.5 Å². The molecule has 0 fully saturated rings. The second-order valence-electron chi connectivity index (χ2n) is 0.447. The van der Waals surface area contributed by atoms with E-state index in [-0.39, 0.29) is 35.0 Å². The summed E-state index contributed by atoms with van der Waals surface area (Å²) in [6, 6.07) is 0. The molecule has 0 atom stereocenters. The minimum atomic E-state index is 0. The summed E-state index contributed by atoms with van der Waals surface area (Å²) < 4.78 is 0. The van der Waals surface area contributed by atoms with Crippen LogP contribution in [0.4, 0.5) is 0 Å². The molecular formula is C2H8NaOS. The Bertz CT molecular complexity index is 9.61. The monoisotopic (exact) mass is 103 g/mol. The minimum Gasteiger partial charge on any atom is -0.870 e. The summed E-state index contributed by atoms with van der Waals surface area (Å²) >= 11 is 1.42. The Morgan fingerprint density at radius 3 is 1.20 bits per heavy atom. The van der Waals surface area contributed by atoms with Crippen LogP contribution in [0.3, 0.4) is 0 Å². The van der Waals surface area contributed by atoms with Crippen molar-refractivity contribution in [3.63, 3.8) is 0 Å². The molecule has 0 amide bonds. The molecule has 5 heavy (non-hydrogen) atoms. The van der Waals surface area contributed by atoms with Gasteiger partial charge in [-0.25, -0.2) is 0 Å². The van der Waals surface area contributed by atoms with Crippen molar-refractivity contribution in [3.05, 3.63) is 0 Å². The van der Waals surface area contributed by atoms with E-state index in [4.69, 9.17) is 0 Å². The summed E-state index contributed by atoms with van der Waals surface area (Å²) in [6.07, 6.45) is 4.19. The number of hydrogen-bond donors (Lipinski definition) is 0. The van der Waals surface area contributed by atoms with Gasteiger partial charge in [0, 0.05) is 29.6 Å². The van der Waals surface area contributed by atoms with Crippen LogP contribution in [-0.4, -0.2) is 47.5 Å². The van der Waals surface area contributed by atoms with E-state index in [2.05, 4.69) is 12.5 Å². The average molecular weight is 103 g/mol.